The number of rotatable bonds is 1. The van der Waals surface area contributed by atoms with Gasteiger partial charge in [0.1, 0.15) is 28.7 Å². The van der Waals surface area contributed by atoms with Crippen LogP contribution in [0.3, 0.4) is 0 Å². The van der Waals surface area contributed by atoms with E-state index < -0.39 is 68.6 Å². The van der Waals surface area contributed by atoms with E-state index in [9.17, 15) is 44.7 Å². The van der Waals surface area contributed by atoms with Crippen molar-refractivity contribution in [3.8, 4) is 39.9 Å². The quantitative estimate of drug-likeness (QED) is 0.214. The molecule has 4 aromatic rings. The van der Waals surface area contributed by atoms with Gasteiger partial charge in [0, 0.05) is 33.9 Å². The van der Waals surface area contributed by atoms with Gasteiger partial charge < -0.3 is 25.5 Å². The zero-order chi connectivity index (χ0) is 28.1. The number of phenols is 5. The minimum absolute atomic E-state index is 0.141. The number of carbonyl (C=O) groups is 4. The van der Waals surface area contributed by atoms with Crippen molar-refractivity contribution in [2.24, 2.45) is 0 Å². The van der Waals surface area contributed by atoms with Crippen LogP contribution in [0, 0.1) is 13.8 Å². The molecule has 0 radical (unpaired) electrons. The van der Waals surface area contributed by atoms with Gasteiger partial charge in [0.2, 0.25) is 11.6 Å². The Bertz CT molecular complexity index is 1900. The van der Waals surface area contributed by atoms with Crippen molar-refractivity contribution in [1.29, 1.82) is 0 Å². The number of ketones is 4. The molecule has 0 spiro atoms. The molecule has 0 saturated heterocycles. The predicted molar refractivity (Wildman–Crippen MR) is 136 cm³/mol. The lowest BCUT2D eigenvalue weighted by atomic mass is 9.75. The molecular formula is C30H18O9. The second-order valence-electron chi connectivity index (χ2n) is 9.65. The summed E-state index contributed by atoms with van der Waals surface area (Å²) < 4.78 is 0. The maximum Gasteiger partial charge on any atom is 0.201 e. The van der Waals surface area contributed by atoms with Gasteiger partial charge in [-0.1, -0.05) is 0 Å². The molecule has 0 unspecified atom stereocenters. The van der Waals surface area contributed by atoms with Gasteiger partial charge >= 0.3 is 0 Å². The minimum atomic E-state index is -0.878. The van der Waals surface area contributed by atoms with Crippen molar-refractivity contribution in [2.75, 3.05) is 0 Å². The first-order valence-electron chi connectivity index (χ1n) is 11.7. The van der Waals surface area contributed by atoms with Crippen molar-refractivity contribution < 1.29 is 44.7 Å². The third kappa shape index (κ3) is 3.07. The molecule has 0 heterocycles. The molecule has 6 rings (SSSR count). The van der Waals surface area contributed by atoms with Gasteiger partial charge in [-0.2, -0.15) is 0 Å². The Labute approximate surface area is 219 Å². The highest BCUT2D eigenvalue weighted by molar-refractivity contribution is 6.35. The van der Waals surface area contributed by atoms with Gasteiger partial charge in [0.25, 0.3) is 0 Å². The van der Waals surface area contributed by atoms with E-state index in [1.165, 1.54) is 30.3 Å². The molecule has 9 heteroatoms. The molecule has 2 aliphatic carbocycles. The number of hydrogen-bond donors (Lipinski definition) is 5. The van der Waals surface area contributed by atoms with E-state index in [1.807, 2.05) is 0 Å². The van der Waals surface area contributed by atoms with Gasteiger partial charge in [-0.05, 0) is 66.9 Å². The first-order valence-corrected chi connectivity index (χ1v) is 11.7. The summed E-state index contributed by atoms with van der Waals surface area (Å²) in [5.74, 6) is -6.19. The Morgan fingerprint density at radius 3 is 1.36 bits per heavy atom. The number of hydrogen-bond acceptors (Lipinski definition) is 9. The van der Waals surface area contributed by atoms with Gasteiger partial charge in [-0.3, -0.25) is 19.2 Å². The lowest BCUT2D eigenvalue weighted by molar-refractivity contribution is 0.0973. The summed E-state index contributed by atoms with van der Waals surface area (Å²) >= 11 is 0. The Morgan fingerprint density at radius 1 is 0.385 bits per heavy atom. The van der Waals surface area contributed by atoms with E-state index in [1.54, 1.807) is 13.8 Å². The third-order valence-corrected chi connectivity index (χ3v) is 7.11. The SMILES string of the molecule is Cc1cc(O)c2c(c1)C(=O)c1c(-c3c(O)cc(O)c4c3C(=O)c3cc(C)cc(O)c3C4=O)ccc(O)c1C2=O. The van der Waals surface area contributed by atoms with Crippen LogP contribution in [0.2, 0.25) is 0 Å². The first kappa shape index (κ1) is 23.9. The number of aromatic hydroxyl groups is 5. The van der Waals surface area contributed by atoms with Crippen LogP contribution >= 0.6 is 0 Å². The van der Waals surface area contributed by atoms with E-state index in [-0.39, 0.29) is 38.9 Å². The van der Waals surface area contributed by atoms with Gasteiger partial charge in [0.05, 0.1) is 22.3 Å². The van der Waals surface area contributed by atoms with Crippen LogP contribution in [0.4, 0.5) is 0 Å². The van der Waals surface area contributed by atoms with Crippen molar-refractivity contribution in [3.05, 3.63) is 98.1 Å². The molecule has 4 aromatic carbocycles. The van der Waals surface area contributed by atoms with E-state index in [0.29, 0.717) is 11.1 Å². The molecule has 0 fully saturated rings. The van der Waals surface area contributed by atoms with E-state index >= 15 is 0 Å². The fraction of sp³-hybridized carbons (Fsp3) is 0.0667. The van der Waals surface area contributed by atoms with Crippen LogP contribution in [0.1, 0.15) is 74.8 Å². The summed E-state index contributed by atoms with van der Waals surface area (Å²) in [5.41, 5.74) is -2.16. The van der Waals surface area contributed by atoms with Crippen LogP contribution in [-0.2, 0) is 0 Å². The number of fused-ring (bicyclic) bond motifs is 4. The van der Waals surface area contributed by atoms with Crippen LogP contribution in [0.5, 0.6) is 28.7 Å². The van der Waals surface area contributed by atoms with E-state index in [2.05, 4.69) is 0 Å². The van der Waals surface area contributed by atoms with Crippen LogP contribution in [0.15, 0.2) is 42.5 Å². The summed E-state index contributed by atoms with van der Waals surface area (Å²) in [6.07, 6.45) is 0. The second kappa shape index (κ2) is 7.78. The average molecular weight is 522 g/mol. The second-order valence-corrected chi connectivity index (χ2v) is 9.65. The fourth-order valence-electron chi connectivity index (χ4n) is 5.54. The molecular weight excluding hydrogens is 504 g/mol. The minimum Gasteiger partial charge on any atom is -0.507 e. The highest BCUT2D eigenvalue weighted by Crippen LogP contribution is 2.49. The fourth-order valence-corrected chi connectivity index (χ4v) is 5.54. The summed E-state index contributed by atoms with van der Waals surface area (Å²) in [5, 5.41) is 53.1. The summed E-state index contributed by atoms with van der Waals surface area (Å²) in [4.78, 5) is 54.5. The maximum atomic E-state index is 13.8. The topological polar surface area (TPSA) is 169 Å². The largest absolute Gasteiger partial charge is 0.507 e. The van der Waals surface area contributed by atoms with Gasteiger partial charge in [-0.25, -0.2) is 0 Å². The Hall–Kier alpha value is -5.44. The number of phenolic OH excluding ortho intramolecular Hbond substituents is 5. The number of aryl methyl sites for hydroxylation is 2. The summed E-state index contributed by atoms with van der Waals surface area (Å²) in [7, 11) is 0. The lowest BCUT2D eigenvalue weighted by Gasteiger charge is -2.26. The average Bonchev–Trinajstić information content (AvgIpc) is 2.84. The standard InChI is InChI=1S/C30H18O9/c1-10-5-13-21(16(32)7-10)29(38)24-15(31)4-3-12(23(24)27(13)36)20-18(34)9-19(35)25-26(20)28(37)14-6-11(2)8-17(33)22(14)30(25)39/h3-9,31-35H,1-2H3. The lowest BCUT2D eigenvalue weighted by Crippen LogP contribution is -2.25. The predicted octanol–water partition coefficient (Wildman–Crippen LogP) is 4.05. The molecule has 39 heavy (non-hydrogen) atoms. The molecule has 0 aliphatic heterocycles. The normalized spacial score (nSPS) is 13.6. The van der Waals surface area contributed by atoms with Crippen molar-refractivity contribution >= 4 is 23.1 Å². The van der Waals surface area contributed by atoms with E-state index in [4.69, 9.17) is 0 Å². The maximum absolute atomic E-state index is 13.8. The first-order chi connectivity index (χ1) is 18.4. The Kier molecular flexibility index (Phi) is 4.77. The molecule has 0 amide bonds. The molecule has 9 nitrogen and oxygen atoms in total. The molecule has 5 N–H and O–H groups in total. The number of carbonyl (C=O) groups excluding carboxylic acids is 4. The highest BCUT2D eigenvalue weighted by Gasteiger charge is 2.41. The molecule has 0 aromatic heterocycles. The molecule has 0 bridgehead atoms. The molecule has 0 atom stereocenters. The van der Waals surface area contributed by atoms with Crippen LogP contribution < -0.4 is 0 Å². The zero-order valence-electron chi connectivity index (χ0n) is 20.4. The van der Waals surface area contributed by atoms with Gasteiger partial charge in [0.15, 0.2) is 11.6 Å². The molecule has 192 valence electrons. The Morgan fingerprint density at radius 2 is 0.821 bits per heavy atom. The molecule has 0 saturated carbocycles. The monoisotopic (exact) mass is 522 g/mol. The smallest absolute Gasteiger partial charge is 0.201 e. The van der Waals surface area contributed by atoms with Crippen LogP contribution in [-0.4, -0.2) is 48.7 Å². The summed E-state index contributed by atoms with van der Waals surface area (Å²) in [6.45, 7) is 3.21. The van der Waals surface area contributed by atoms with Gasteiger partial charge in [-0.15, -0.1) is 0 Å². The Balaban J connectivity index is 1.71. The number of benzene rings is 4. The third-order valence-electron chi connectivity index (χ3n) is 7.11. The molecule has 2 aliphatic rings. The summed E-state index contributed by atoms with van der Waals surface area (Å²) in [6, 6.07) is 8.51. The van der Waals surface area contributed by atoms with Crippen molar-refractivity contribution in [1.82, 2.24) is 0 Å². The highest BCUT2D eigenvalue weighted by atomic mass is 16.3. The van der Waals surface area contributed by atoms with Crippen molar-refractivity contribution in [3.63, 3.8) is 0 Å². The van der Waals surface area contributed by atoms with Crippen molar-refractivity contribution in [2.45, 2.75) is 13.8 Å². The zero-order valence-corrected chi connectivity index (χ0v) is 20.4. The van der Waals surface area contributed by atoms with Crippen LogP contribution in [0.25, 0.3) is 11.1 Å². The van der Waals surface area contributed by atoms with E-state index in [0.717, 1.165) is 12.1 Å².